The number of nitro benzene ring substituents is 1. The van der Waals surface area contributed by atoms with Crippen molar-refractivity contribution in [3.05, 3.63) is 74.9 Å². The molecule has 0 aliphatic heterocycles. The molecule has 0 saturated carbocycles. The zero-order chi connectivity index (χ0) is 20.9. The molecule has 2 aromatic rings. The molecule has 0 bridgehead atoms. The van der Waals surface area contributed by atoms with Crippen molar-refractivity contribution in [1.82, 2.24) is 0 Å². The molecule has 0 aromatic heterocycles. The minimum absolute atomic E-state index is 0.0603. The number of hydrogen-bond acceptors (Lipinski definition) is 5. The van der Waals surface area contributed by atoms with Crippen LogP contribution in [0.4, 0.5) is 17.1 Å². The standard InChI is InChI=1S/C20H20BrN3O4/c1-20(2,3)18(25)12-17(23-16-7-5-4-6-15(16)21)19(26)22-13-8-10-14(11-9-13)24(27)28/h4-12,23H,1-3H3,(H,22,26). The summed E-state index contributed by atoms with van der Waals surface area (Å²) in [5, 5.41) is 16.4. The van der Waals surface area contributed by atoms with Crippen LogP contribution >= 0.6 is 15.9 Å². The molecule has 0 atom stereocenters. The van der Waals surface area contributed by atoms with E-state index in [-0.39, 0.29) is 17.2 Å². The number of ketones is 1. The van der Waals surface area contributed by atoms with Crippen molar-refractivity contribution in [2.24, 2.45) is 5.41 Å². The molecule has 0 heterocycles. The van der Waals surface area contributed by atoms with E-state index in [4.69, 9.17) is 0 Å². The van der Waals surface area contributed by atoms with Crippen molar-refractivity contribution in [1.29, 1.82) is 0 Å². The van der Waals surface area contributed by atoms with E-state index in [0.717, 1.165) is 4.47 Å². The van der Waals surface area contributed by atoms with Gasteiger partial charge in [-0.3, -0.25) is 19.7 Å². The van der Waals surface area contributed by atoms with Gasteiger partial charge in [-0.2, -0.15) is 0 Å². The van der Waals surface area contributed by atoms with Crippen LogP contribution in [0.25, 0.3) is 0 Å². The Morgan fingerprint density at radius 1 is 1.04 bits per heavy atom. The molecule has 0 radical (unpaired) electrons. The lowest BCUT2D eigenvalue weighted by Crippen LogP contribution is -2.24. The fourth-order valence-electron chi connectivity index (χ4n) is 2.08. The van der Waals surface area contributed by atoms with E-state index in [2.05, 4.69) is 26.6 Å². The fourth-order valence-corrected chi connectivity index (χ4v) is 2.46. The molecule has 146 valence electrons. The lowest BCUT2D eigenvalue weighted by molar-refractivity contribution is -0.384. The Kier molecular flexibility index (Phi) is 6.69. The maximum absolute atomic E-state index is 12.8. The first kappa shape index (κ1) is 21.3. The molecule has 0 aliphatic rings. The summed E-state index contributed by atoms with van der Waals surface area (Å²) in [7, 11) is 0. The van der Waals surface area contributed by atoms with E-state index >= 15 is 0 Å². The number of benzene rings is 2. The average molecular weight is 446 g/mol. The molecule has 0 unspecified atom stereocenters. The highest BCUT2D eigenvalue weighted by Gasteiger charge is 2.22. The molecule has 1 amide bonds. The second-order valence-electron chi connectivity index (χ2n) is 7.04. The van der Waals surface area contributed by atoms with Gasteiger partial charge in [-0.15, -0.1) is 0 Å². The van der Waals surface area contributed by atoms with Crippen LogP contribution in [-0.4, -0.2) is 16.6 Å². The largest absolute Gasteiger partial charge is 0.350 e. The monoisotopic (exact) mass is 445 g/mol. The SMILES string of the molecule is CC(C)(C)C(=O)C=C(Nc1ccccc1Br)C(=O)Nc1ccc([N+](=O)[O-])cc1. The lowest BCUT2D eigenvalue weighted by atomic mass is 9.90. The number of nitro groups is 1. The molecule has 0 fully saturated rings. The molecule has 8 heteroatoms. The van der Waals surface area contributed by atoms with Gasteiger partial charge in [-0.1, -0.05) is 32.9 Å². The molecule has 2 rings (SSSR count). The second kappa shape index (κ2) is 8.79. The fraction of sp³-hybridized carbons (Fsp3) is 0.200. The van der Waals surface area contributed by atoms with Gasteiger partial charge in [-0.05, 0) is 40.2 Å². The predicted molar refractivity (Wildman–Crippen MR) is 112 cm³/mol. The minimum Gasteiger partial charge on any atom is -0.350 e. The quantitative estimate of drug-likeness (QED) is 0.373. The summed E-state index contributed by atoms with van der Waals surface area (Å²) >= 11 is 3.40. The van der Waals surface area contributed by atoms with E-state index in [1.54, 1.807) is 39.0 Å². The van der Waals surface area contributed by atoms with Crippen LogP contribution in [-0.2, 0) is 9.59 Å². The van der Waals surface area contributed by atoms with Gasteiger partial charge in [0, 0.05) is 33.8 Å². The van der Waals surface area contributed by atoms with Crippen LogP contribution in [0.3, 0.4) is 0 Å². The van der Waals surface area contributed by atoms with Gasteiger partial charge in [0.2, 0.25) is 0 Å². The Balaban J connectivity index is 2.30. The number of halogens is 1. The number of hydrogen-bond donors (Lipinski definition) is 2. The number of amides is 1. The topological polar surface area (TPSA) is 101 Å². The maximum atomic E-state index is 12.8. The first-order valence-electron chi connectivity index (χ1n) is 8.41. The summed E-state index contributed by atoms with van der Waals surface area (Å²) in [5.41, 5.74) is 0.315. The van der Waals surface area contributed by atoms with Crippen LogP contribution in [0.15, 0.2) is 64.8 Å². The van der Waals surface area contributed by atoms with Crippen molar-refractivity contribution in [3.8, 4) is 0 Å². The van der Waals surface area contributed by atoms with Gasteiger partial charge in [0.05, 0.1) is 10.6 Å². The van der Waals surface area contributed by atoms with Crippen molar-refractivity contribution in [2.75, 3.05) is 10.6 Å². The highest BCUT2D eigenvalue weighted by molar-refractivity contribution is 9.10. The van der Waals surface area contributed by atoms with Gasteiger partial charge >= 0.3 is 0 Å². The predicted octanol–water partition coefficient (Wildman–Crippen LogP) is 4.91. The Hall–Kier alpha value is -3.00. The number of non-ortho nitro benzene ring substituents is 1. The summed E-state index contributed by atoms with van der Waals surface area (Å²) in [4.78, 5) is 35.4. The van der Waals surface area contributed by atoms with Gasteiger partial charge in [0.25, 0.3) is 11.6 Å². The summed E-state index contributed by atoms with van der Waals surface area (Å²) in [6.45, 7) is 5.28. The Morgan fingerprint density at radius 2 is 1.64 bits per heavy atom. The number of carbonyl (C=O) groups is 2. The molecule has 2 aromatic carbocycles. The molecule has 0 aliphatic carbocycles. The number of allylic oxidation sites excluding steroid dienone is 1. The zero-order valence-corrected chi connectivity index (χ0v) is 17.2. The third-order valence-electron chi connectivity index (χ3n) is 3.74. The van der Waals surface area contributed by atoms with Gasteiger partial charge < -0.3 is 10.6 Å². The highest BCUT2D eigenvalue weighted by Crippen LogP contribution is 2.24. The normalized spacial score (nSPS) is 11.6. The Bertz CT molecular complexity index is 931. The minimum atomic E-state index is -0.658. The van der Waals surface area contributed by atoms with E-state index < -0.39 is 16.2 Å². The molecular weight excluding hydrogens is 426 g/mol. The maximum Gasteiger partial charge on any atom is 0.272 e. The zero-order valence-electron chi connectivity index (χ0n) is 15.7. The van der Waals surface area contributed by atoms with Crippen LogP contribution in [0, 0.1) is 15.5 Å². The highest BCUT2D eigenvalue weighted by atomic mass is 79.9. The average Bonchev–Trinajstić information content (AvgIpc) is 2.62. The third-order valence-corrected chi connectivity index (χ3v) is 4.43. The summed E-state index contributed by atoms with van der Waals surface area (Å²) < 4.78 is 0.729. The van der Waals surface area contributed by atoms with Crippen molar-refractivity contribution in [3.63, 3.8) is 0 Å². The van der Waals surface area contributed by atoms with E-state index in [0.29, 0.717) is 11.4 Å². The van der Waals surface area contributed by atoms with Crippen molar-refractivity contribution < 1.29 is 14.5 Å². The van der Waals surface area contributed by atoms with Gasteiger partial charge in [0.15, 0.2) is 5.78 Å². The number of nitrogens with one attached hydrogen (secondary N) is 2. The number of rotatable bonds is 6. The summed E-state index contributed by atoms with van der Waals surface area (Å²) in [5.74, 6) is -0.761. The molecular formula is C20H20BrN3O4. The third kappa shape index (κ3) is 5.75. The van der Waals surface area contributed by atoms with Crippen molar-refractivity contribution >= 4 is 44.7 Å². The Morgan fingerprint density at radius 3 is 2.18 bits per heavy atom. The van der Waals surface area contributed by atoms with E-state index in [9.17, 15) is 19.7 Å². The lowest BCUT2D eigenvalue weighted by Gasteiger charge is -2.17. The van der Waals surface area contributed by atoms with Crippen LogP contribution in [0.5, 0.6) is 0 Å². The van der Waals surface area contributed by atoms with Crippen LogP contribution in [0.1, 0.15) is 20.8 Å². The first-order chi connectivity index (χ1) is 13.1. The molecule has 28 heavy (non-hydrogen) atoms. The molecule has 2 N–H and O–H groups in total. The second-order valence-corrected chi connectivity index (χ2v) is 7.89. The van der Waals surface area contributed by atoms with E-state index in [1.807, 2.05) is 6.07 Å². The number of anilines is 2. The molecule has 0 spiro atoms. The summed E-state index contributed by atoms with van der Waals surface area (Å²) in [6.07, 6.45) is 1.26. The molecule has 0 saturated heterocycles. The number of carbonyl (C=O) groups excluding carboxylic acids is 2. The van der Waals surface area contributed by atoms with Gasteiger partial charge in [-0.25, -0.2) is 0 Å². The number of para-hydroxylation sites is 1. The number of nitrogens with zero attached hydrogens (tertiary/aromatic N) is 1. The van der Waals surface area contributed by atoms with Crippen molar-refractivity contribution in [2.45, 2.75) is 20.8 Å². The van der Waals surface area contributed by atoms with Gasteiger partial charge in [0.1, 0.15) is 5.70 Å². The molecule has 7 nitrogen and oxygen atoms in total. The van der Waals surface area contributed by atoms with Crippen LogP contribution < -0.4 is 10.6 Å². The smallest absolute Gasteiger partial charge is 0.272 e. The van der Waals surface area contributed by atoms with E-state index in [1.165, 1.54) is 30.3 Å². The first-order valence-corrected chi connectivity index (χ1v) is 9.21. The summed E-state index contributed by atoms with van der Waals surface area (Å²) in [6, 6.07) is 12.6. The Labute approximate surface area is 171 Å². The van der Waals surface area contributed by atoms with Crippen LogP contribution in [0.2, 0.25) is 0 Å².